The van der Waals surface area contributed by atoms with Crippen molar-refractivity contribution in [1.82, 2.24) is 19.7 Å². The zero-order valence-corrected chi connectivity index (χ0v) is 19.1. The molecule has 2 unspecified atom stereocenters. The number of phenolic OH excluding ortho intramolecular Hbond substituents is 1. The number of hydrogen-bond acceptors (Lipinski definition) is 7. The third-order valence-corrected chi connectivity index (χ3v) is 6.37. The Balaban J connectivity index is 0.000000454. The van der Waals surface area contributed by atoms with Crippen LogP contribution in [-0.2, 0) is 18.0 Å². The van der Waals surface area contributed by atoms with Crippen LogP contribution in [0.25, 0.3) is 11.4 Å². The van der Waals surface area contributed by atoms with E-state index in [2.05, 4.69) is 27.5 Å². The number of rotatable bonds is 3. The summed E-state index contributed by atoms with van der Waals surface area (Å²) in [7, 11) is 3.55. The molecular weight excluding hydrogens is 500 g/mol. The molecule has 2 bridgehead atoms. The quantitative estimate of drug-likeness (QED) is 0.525. The van der Waals surface area contributed by atoms with Crippen molar-refractivity contribution in [3.8, 4) is 17.1 Å². The summed E-state index contributed by atoms with van der Waals surface area (Å²) in [4.78, 5) is 24.0. The number of phenols is 1. The van der Waals surface area contributed by atoms with E-state index in [1.807, 2.05) is 0 Å². The molecular formula is C21H23F6N5O4. The van der Waals surface area contributed by atoms with Crippen LogP contribution in [0.2, 0.25) is 0 Å². The van der Waals surface area contributed by atoms with Gasteiger partial charge in [0, 0.05) is 25.2 Å². The molecule has 2 saturated heterocycles. The van der Waals surface area contributed by atoms with Crippen molar-refractivity contribution in [2.75, 3.05) is 12.4 Å². The molecule has 3 atom stereocenters. The van der Waals surface area contributed by atoms with E-state index in [9.17, 15) is 36.2 Å². The maximum absolute atomic E-state index is 12.8. The highest BCUT2D eigenvalue weighted by atomic mass is 19.4. The summed E-state index contributed by atoms with van der Waals surface area (Å²) >= 11 is 0. The number of likely N-dealkylation sites (N-methyl/N-ethyl adjacent to an activating group) is 1. The van der Waals surface area contributed by atoms with Crippen molar-refractivity contribution in [2.24, 2.45) is 7.05 Å². The minimum Gasteiger partial charge on any atom is -0.507 e. The van der Waals surface area contributed by atoms with E-state index < -0.39 is 35.2 Å². The SMILES string of the molecule is CN1C2CCC1[C@H](Nc1nnc(-c3ccc(C(F)(F)F)cc3O)n(C)c1=O)CC2.O=C(O)C(F)(F)F. The molecule has 3 heterocycles. The number of benzene rings is 1. The molecule has 2 aliphatic heterocycles. The number of nitrogens with zero attached hydrogens (tertiary/aromatic N) is 4. The van der Waals surface area contributed by atoms with E-state index >= 15 is 0 Å². The van der Waals surface area contributed by atoms with Crippen LogP contribution in [0.5, 0.6) is 5.75 Å². The second-order valence-corrected chi connectivity index (χ2v) is 8.56. The first kappa shape index (κ1) is 27.2. The van der Waals surface area contributed by atoms with Gasteiger partial charge in [-0.05, 0) is 50.9 Å². The summed E-state index contributed by atoms with van der Waals surface area (Å²) in [5.74, 6) is -3.27. The lowest BCUT2D eigenvalue weighted by atomic mass is 9.98. The van der Waals surface area contributed by atoms with E-state index in [0.717, 1.165) is 37.8 Å². The standard InChI is InChI=1S/C19H22F3N5O2.C2HF3O2/c1-26-11-4-7-13(14(26)8-5-11)23-16-18(29)27(2)17(25-24-16)12-6-3-10(9-15(12)28)19(20,21)22;3-2(4,5)1(6)7/h3,6,9,11,13-14,28H,4-5,7-8H2,1-2H3,(H,23,24);(H,6,7)/t11?,13-,14?;/m1./s1. The molecule has 2 aliphatic rings. The van der Waals surface area contributed by atoms with Gasteiger partial charge in [0.1, 0.15) is 5.75 Å². The van der Waals surface area contributed by atoms with Gasteiger partial charge in [0.25, 0.3) is 5.56 Å². The number of aliphatic carboxylic acids is 1. The smallest absolute Gasteiger partial charge is 0.490 e. The fraction of sp³-hybridized carbons (Fsp3) is 0.524. The van der Waals surface area contributed by atoms with Crippen molar-refractivity contribution in [3.05, 3.63) is 34.1 Å². The van der Waals surface area contributed by atoms with Crippen molar-refractivity contribution in [1.29, 1.82) is 0 Å². The number of nitrogens with one attached hydrogen (secondary N) is 1. The molecule has 198 valence electrons. The van der Waals surface area contributed by atoms with Gasteiger partial charge in [-0.25, -0.2) is 4.79 Å². The van der Waals surface area contributed by atoms with E-state index in [0.29, 0.717) is 18.2 Å². The summed E-state index contributed by atoms with van der Waals surface area (Å²) in [5, 5.41) is 28.4. The summed E-state index contributed by atoms with van der Waals surface area (Å²) in [6.45, 7) is 0. The Labute approximate surface area is 200 Å². The summed E-state index contributed by atoms with van der Waals surface area (Å²) in [6.07, 6.45) is -5.46. The number of anilines is 1. The highest BCUT2D eigenvalue weighted by Crippen LogP contribution is 2.36. The molecule has 0 aliphatic carbocycles. The zero-order valence-electron chi connectivity index (χ0n) is 19.1. The molecule has 3 N–H and O–H groups in total. The molecule has 1 aromatic carbocycles. The van der Waals surface area contributed by atoms with Crippen LogP contribution in [0, 0.1) is 0 Å². The summed E-state index contributed by atoms with van der Waals surface area (Å²) in [5.41, 5.74) is -1.42. The van der Waals surface area contributed by atoms with E-state index in [4.69, 9.17) is 9.90 Å². The lowest BCUT2D eigenvalue weighted by Gasteiger charge is -2.37. The van der Waals surface area contributed by atoms with Crippen molar-refractivity contribution in [3.63, 3.8) is 0 Å². The minimum atomic E-state index is -5.08. The van der Waals surface area contributed by atoms with Crippen LogP contribution in [0.1, 0.15) is 31.2 Å². The third kappa shape index (κ3) is 5.71. The Morgan fingerprint density at radius 1 is 1.06 bits per heavy atom. The average Bonchev–Trinajstić information content (AvgIpc) is 3.00. The lowest BCUT2D eigenvalue weighted by molar-refractivity contribution is -0.192. The molecule has 0 radical (unpaired) electrons. The molecule has 0 saturated carbocycles. The molecule has 2 fully saturated rings. The van der Waals surface area contributed by atoms with E-state index in [1.54, 1.807) is 0 Å². The van der Waals surface area contributed by atoms with Gasteiger partial charge in [-0.15, -0.1) is 10.2 Å². The Morgan fingerprint density at radius 2 is 1.67 bits per heavy atom. The second-order valence-electron chi connectivity index (χ2n) is 8.56. The first-order valence-corrected chi connectivity index (χ1v) is 10.7. The second kappa shape index (κ2) is 9.95. The predicted octanol–water partition coefficient (Wildman–Crippen LogP) is 3.24. The highest BCUT2D eigenvalue weighted by Gasteiger charge is 2.40. The fourth-order valence-corrected chi connectivity index (χ4v) is 4.47. The number of aromatic hydroxyl groups is 1. The molecule has 9 nitrogen and oxygen atoms in total. The number of hydrogen-bond donors (Lipinski definition) is 3. The Morgan fingerprint density at radius 3 is 2.22 bits per heavy atom. The molecule has 0 spiro atoms. The fourth-order valence-electron chi connectivity index (χ4n) is 4.47. The highest BCUT2D eigenvalue weighted by molar-refractivity contribution is 5.73. The number of carbonyl (C=O) groups is 1. The van der Waals surface area contributed by atoms with Crippen molar-refractivity contribution < 1.29 is 41.4 Å². The van der Waals surface area contributed by atoms with Crippen molar-refractivity contribution >= 4 is 11.8 Å². The van der Waals surface area contributed by atoms with Crippen LogP contribution in [-0.4, -0.2) is 67.2 Å². The Hall–Kier alpha value is -3.36. The largest absolute Gasteiger partial charge is 0.507 e. The van der Waals surface area contributed by atoms with Gasteiger partial charge >= 0.3 is 18.3 Å². The van der Waals surface area contributed by atoms with E-state index in [-0.39, 0.29) is 23.2 Å². The number of aromatic nitrogens is 3. The van der Waals surface area contributed by atoms with Crippen molar-refractivity contribution in [2.45, 2.75) is 56.2 Å². The molecule has 15 heteroatoms. The molecule has 1 aromatic heterocycles. The van der Waals surface area contributed by atoms with Gasteiger partial charge in [-0.3, -0.25) is 14.3 Å². The summed E-state index contributed by atoms with van der Waals surface area (Å²) < 4.78 is 71.3. The van der Waals surface area contributed by atoms with E-state index in [1.165, 1.54) is 11.6 Å². The normalized spacial score (nSPS) is 22.1. The minimum absolute atomic E-state index is 0.00605. The van der Waals surface area contributed by atoms with Crippen LogP contribution in [0.15, 0.2) is 23.0 Å². The molecule has 2 aromatic rings. The van der Waals surface area contributed by atoms with Gasteiger partial charge in [0.15, 0.2) is 5.82 Å². The number of fused-ring (bicyclic) bond motifs is 2. The first-order chi connectivity index (χ1) is 16.6. The number of piperidine rings is 1. The van der Waals surface area contributed by atoms with Crippen LogP contribution < -0.4 is 10.9 Å². The zero-order chi connectivity index (χ0) is 27.0. The average molecular weight is 523 g/mol. The molecule has 0 amide bonds. The van der Waals surface area contributed by atoms with Gasteiger partial charge in [0.05, 0.1) is 11.1 Å². The maximum Gasteiger partial charge on any atom is 0.490 e. The van der Waals surface area contributed by atoms with Gasteiger partial charge in [0.2, 0.25) is 5.82 Å². The molecule has 4 rings (SSSR count). The summed E-state index contributed by atoms with van der Waals surface area (Å²) in [6, 6.07) is 3.55. The number of carboxylic acids is 1. The third-order valence-electron chi connectivity index (χ3n) is 6.37. The number of carboxylic acid groups (broad SMARTS) is 1. The number of halogens is 6. The van der Waals surface area contributed by atoms with Crippen LogP contribution in [0.4, 0.5) is 32.2 Å². The van der Waals surface area contributed by atoms with Crippen LogP contribution in [0.3, 0.4) is 0 Å². The first-order valence-electron chi connectivity index (χ1n) is 10.7. The lowest BCUT2D eigenvalue weighted by Crippen LogP contribution is -2.49. The van der Waals surface area contributed by atoms with Gasteiger partial charge in [-0.1, -0.05) is 0 Å². The predicted molar refractivity (Wildman–Crippen MR) is 114 cm³/mol. The van der Waals surface area contributed by atoms with Crippen LogP contribution >= 0.6 is 0 Å². The number of alkyl halides is 6. The monoisotopic (exact) mass is 523 g/mol. The van der Waals surface area contributed by atoms with Gasteiger partial charge < -0.3 is 15.5 Å². The van der Waals surface area contributed by atoms with Gasteiger partial charge in [-0.2, -0.15) is 26.3 Å². The Kier molecular flexibility index (Phi) is 7.53. The topological polar surface area (TPSA) is 121 Å². The maximum atomic E-state index is 12.8. The Bertz CT molecular complexity index is 1180. The molecule has 36 heavy (non-hydrogen) atoms.